The minimum absolute atomic E-state index is 0.186. The molecule has 0 radical (unpaired) electrons. The van der Waals surface area contributed by atoms with Gasteiger partial charge in [0, 0.05) is 11.5 Å². The van der Waals surface area contributed by atoms with E-state index >= 15 is 0 Å². The zero-order valence-electron chi connectivity index (χ0n) is 13.9. The highest BCUT2D eigenvalue weighted by atomic mass is 32.1. The molecule has 26 heavy (non-hydrogen) atoms. The molecular formula is C19H15N3O2S2. The first-order chi connectivity index (χ1) is 12.7. The molecule has 0 bridgehead atoms. The quantitative estimate of drug-likeness (QED) is 0.511. The molecule has 130 valence electrons. The molecule has 1 amide bonds. The van der Waals surface area contributed by atoms with E-state index in [4.69, 9.17) is 4.42 Å². The maximum absolute atomic E-state index is 11.9. The monoisotopic (exact) mass is 381 g/mol. The predicted molar refractivity (Wildman–Crippen MR) is 105 cm³/mol. The number of aryl methyl sites for hydroxylation is 1. The molecule has 0 aliphatic heterocycles. The highest BCUT2D eigenvalue weighted by Gasteiger charge is 2.10. The summed E-state index contributed by atoms with van der Waals surface area (Å²) < 4.78 is 6.94. The highest BCUT2D eigenvalue weighted by Crippen LogP contribution is 2.31. The highest BCUT2D eigenvalue weighted by molar-refractivity contribution is 7.21. The zero-order valence-corrected chi connectivity index (χ0v) is 15.6. The van der Waals surface area contributed by atoms with E-state index in [2.05, 4.69) is 15.3 Å². The average molecular weight is 381 g/mol. The maximum Gasteiger partial charge on any atom is 0.244 e. The van der Waals surface area contributed by atoms with Crippen molar-refractivity contribution in [3.8, 4) is 10.8 Å². The Morgan fingerprint density at radius 1 is 1.23 bits per heavy atom. The lowest BCUT2D eigenvalue weighted by molar-refractivity contribution is -0.116. The van der Waals surface area contributed by atoms with Crippen LogP contribution in [0.2, 0.25) is 0 Å². The first kappa shape index (κ1) is 16.7. The summed E-state index contributed by atoms with van der Waals surface area (Å²) >= 11 is 3.14. The van der Waals surface area contributed by atoms with Crippen LogP contribution in [0.3, 0.4) is 0 Å². The number of fused-ring (bicyclic) bond motifs is 1. The summed E-state index contributed by atoms with van der Waals surface area (Å²) in [5.74, 6) is 1.21. The minimum atomic E-state index is -0.186. The van der Waals surface area contributed by atoms with Crippen LogP contribution < -0.4 is 5.32 Å². The fourth-order valence-corrected chi connectivity index (χ4v) is 3.92. The van der Waals surface area contributed by atoms with Crippen LogP contribution in [0.25, 0.3) is 27.1 Å². The summed E-state index contributed by atoms with van der Waals surface area (Å²) in [5.41, 5.74) is 1.75. The molecule has 3 heterocycles. The molecule has 3 aromatic heterocycles. The molecule has 0 saturated heterocycles. The number of hydrogen-bond donors (Lipinski definition) is 1. The van der Waals surface area contributed by atoms with Crippen molar-refractivity contribution in [2.24, 2.45) is 0 Å². The lowest BCUT2D eigenvalue weighted by Gasteiger charge is -1.98. The first-order valence-electron chi connectivity index (χ1n) is 8.00. The topological polar surface area (TPSA) is 68.0 Å². The van der Waals surface area contributed by atoms with E-state index in [0.717, 1.165) is 25.9 Å². The van der Waals surface area contributed by atoms with Gasteiger partial charge in [-0.15, -0.1) is 22.7 Å². The van der Waals surface area contributed by atoms with Gasteiger partial charge in [-0.2, -0.15) is 0 Å². The fraction of sp³-hybridized carbons (Fsp3) is 0.105. The second kappa shape index (κ2) is 7.23. The van der Waals surface area contributed by atoms with Crippen LogP contribution in [-0.2, 0) is 11.3 Å². The smallest absolute Gasteiger partial charge is 0.244 e. The Hall–Kier alpha value is -2.77. The van der Waals surface area contributed by atoms with Gasteiger partial charge in [0.2, 0.25) is 5.91 Å². The van der Waals surface area contributed by atoms with Gasteiger partial charge in [-0.05, 0) is 37.3 Å². The van der Waals surface area contributed by atoms with Crippen LogP contribution >= 0.6 is 22.7 Å². The van der Waals surface area contributed by atoms with Gasteiger partial charge in [-0.3, -0.25) is 4.79 Å². The Kier molecular flexibility index (Phi) is 4.64. The molecule has 1 aromatic carbocycles. The number of furan rings is 1. The number of nitrogens with one attached hydrogen (secondary N) is 1. The number of rotatable bonds is 5. The number of aromatic nitrogens is 2. The summed E-state index contributed by atoms with van der Waals surface area (Å²) in [4.78, 5) is 20.8. The van der Waals surface area contributed by atoms with Crippen molar-refractivity contribution in [2.45, 2.75) is 13.5 Å². The molecule has 0 atom stereocenters. The molecule has 0 aliphatic carbocycles. The van der Waals surface area contributed by atoms with Crippen molar-refractivity contribution >= 4 is 44.9 Å². The Morgan fingerprint density at radius 3 is 2.92 bits per heavy atom. The third-order valence-electron chi connectivity index (χ3n) is 3.65. The molecule has 4 rings (SSSR count). The summed E-state index contributed by atoms with van der Waals surface area (Å²) in [5, 5.41) is 6.53. The number of thiazole rings is 2. The average Bonchev–Trinajstić information content (AvgIpc) is 3.36. The van der Waals surface area contributed by atoms with Gasteiger partial charge < -0.3 is 9.73 Å². The Bertz CT molecular complexity index is 1060. The third-order valence-corrected chi connectivity index (χ3v) is 5.49. The number of hydrogen-bond acceptors (Lipinski definition) is 6. The molecular weight excluding hydrogens is 366 g/mol. The fourth-order valence-electron chi connectivity index (χ4n) is 2.42. The summed E-state index contributed by atoms with van der Waals surface area (Å²) in [7, 11) is 0. The molecule has 0 fully saturated rings. The number of benzene rings is 1. The van der Waals surface area contributed by atoms with Gasteiger partial charge in [0.25, 0.3) is 0 Å². The molecule has 0 spiro atoms. The van der Waals surface area contributed by atoms with Crippen molar-refractivity contribution in [3.05, 3.63) is 64.3 Å². The van der Waals surface area contributed by atoms with Crippen molar-refractivity contribution in [2.75, 3.05) is 0 Å². The van der Waals surface area contributed by atoms with E-state index < -0.39 is 0 Å². The Labute approximate surface area is 158 Å². The largest absolute Gasteiger partial charge is 0.457 e. The van der Waals surface area contributed by atoms with Gasteiger partial charge in [0.1, 0.15) is 5.76 Å². The first-order valence-corrected chi connectivity index (χ1v) is 9.70. The molecule has 7 heteroatoms. The standard InChI is InChI=1S/C19H15N3O2S2/c1-12-21-13(11-25-12)6-9-18(23)20-10-14-7-8-16(24-14)19-22-15-4-2-3-5-17(15)26-19/h2-9,11H,10H2,1H3,(H,20,23)/b9-6+. The molecule has 0 saturated carbocycles. The molecule has 1 N–H and O–H groups in total. The van der Waals surface area contributed by atoms with E-state index in [1.165, 1.54) is 6.08 Å². The van der Waals surface area contributed by atoms with E-state index in [9.17, 15) is 4.79 Å². The number of carbonyl (C=O) groups is 1. The van der Waals surface area contributed by atoms with E-state index in [0.29, 0.717) is 18.1 Å². The zero-order chi connectivity index (χ0) is 17.9. The van der Waals surface area contributed by atoms with Gasteiger partial charge >= 0.3 is 0 Å². The van der Waals surface area contributed by atoms with E-state index in [1.54, 1.807) is 28.7 Å². The van der Waals surface area contributed by atoms with Crippen LogP contribution in [-0.4, -0.2) is 15.9 Å². The number of carbonyl (C=O) groups excluding carboxylic acids is 1. The van der Waals surface area contributed by atoms with Crippen molar-refractivity contribution in [1.82, 2.24) is 15.3 Å². The van der Waals surface area contributed by atoms with Crippen LogP contribution in [0.4, 0.5) is 0 Å². The summed E-state index contributed by atoms with van der Waals surface area (Å²) in [6.45, 7) is 2.26. The predicted octanol–water partition coefficient (Wildman–Crippen LogP) is 4.65. The SMILES string of the molecule is Cc1nc(/C=C/C(=O)NCc2ccc(-c3nc4ccccc4s3)o2)cs1. The van der Waals surface area contributed by atoms with Crippen LogP contribution in [0.5, 0.6) is 0 Å². The van der Waals surface area contributed by atoms with E-state index in [-0.39, 0.29) is 5.91 Å². The number of nitrogens with zero attached hydrogens (tertiary/aromatic N) is 2. The Balaban J connectivity index is 1.39. The lowest BCUT2D eigenvalue weighted by atomic mass is 10.3. The van der Waals surface area contributed by atoms with Crippen LogP contribution in [0.15, 0.2) is 52.3 Å². The number of amides is 1. The molecule has 0 aliphatic rings. The second-order valence-electron chi connectivity index (χ2n) is 5.60. The van der Waals surface area contributed by atoms with Crippen LogP contribution in [0.1, 0.15) is 16.5 Å². The number of para-hydroxylation sites is 1. The Morgan fingerprint density at radius 2 is 2.12 bits per heavy atom. The molecule has 5 nitrogen and oxygen atoms in total. The molecule has 0 unspecified atom stereocenters. The second-order valence-corrected chi connectivity index (χ2v) is 7.69. The van der Waals surface area contributed by atoms with Crippen molar-refractivity contribution in [3.63, 3.8) is 0 Å². The van der Waals surface area contributed by atoms with Gasteiger partial charge in [-0.1, -0.05) is 12.1 Å². The van der Waals surface area contributed by atoms with Gasteiger partial charge in [-0.25, -0.2) is 9.97 Å². The summed E-state index contributed by atoms with van der Waals surface area (Å²) in [6, 6.07) is 11.7. The lowest BCUT2D eigenvalue weighted by Crippen LogP contribution is -2.19. The molecule has 4 aromatic rings. The van der Waals surface area contributed by atoms with Crippen molar-refractivity contribution in [1.29, 1.82) is 0 Å². The van der Waals surface area contributed by atoms with Crippen LogP contribution in [0, 0.1) is 6.92 Å². The van der Waals surface area contributed by atoms with E-state index in [1.807, 2.05) is 48.7 Å². The minimum Gasteiger partial charge on any atom is -0.457 e. The van der Waals surface area contributed by atoms with Gasteiger partial charge in [0.05, 0.1) is 27.5 Å². The van der Waals surface area contributed by atoms with Crippen molar-refractivity contribution < 1.29 is 9.21 Å². The normalized spacial score (nSPS) is 11.4. The summed E-state index contributed by atoms with van der Waals surface area (Å²) in [6.07, 6.45) is 3.18. The maximum atomic E-state index is 11.9. The van der Waals surface area contributed by atoms with Gasteiger partial charge in [0.15, 0.2) is 10.8 Å². The third kappa shape index (κ3) is 3.74.